The van der Waals surface area contributed by atoms with Crippen molar-refractivity contribution in [3.8, 4) is 6.07 Å². The Morgan fingerprint density at radius 3 is 2.62 bits per heavy atom. The number of aryl methyl sites for hydroxylation is 3. The van der Waals surface area contributed by atoms with Crippen LogP contribution in [0.4, 0.5) is 5.82 Å². The third kappa shape index (κ3) is 3.27. The number of likely N-dealkylation sites (tertiary alicyclic amines) is 1. The van der Waals surface area contributed by atoms with Gasteiger partial charge in [0, 0.05) is 43.6 Å². The largest absolute Gasteiger partial charge is 0.355 e. The first-order chi connectivity index (χ1) is 13.9. The molecule has 2 fully saturated rings. The molecular formula is C24H28N4O. The van der Waals surface area contributed by atoms with Crippen molar-refractivity contribution in [3.63, 3.8) is 0 Å². The second kappa shape index (κ2) is 7.51. The van der Waals surface area contributed by atoms with Gasteiger partial charge in [0.05, 0.1) is 11.6 Å². The number of anilines is 1. The molecule has 0 saturated carbocycles. The van der Waals surface area contributed by atoms with E-state index in [1.54, 1.807) is 0 Å². The number of nitrogens with zero attached hydrogens (tertiary/aromatic N) is 4. The molecule has 4 rings (SSSR count). The van der Waals surface area contributed by atoms with E-state index in [0.717, 1.165) is 36.7 Å². The average molecular weight is 389 g/mol. The average Bonchev–Trinajstić information content (AvgIpc) is 3.25. The zero-order valence-electron chi connectivity index (χ0n) is 17.6. The highest BCUT2D eigenvalue weighted by Crippen LogP contribution is 2.47. The van der Waals surface area contributed by atoms with Gasteiger partial charge in [-0.05, 0) is 43.5 Å². The molecule has 5 heteroatoms. The molecule has 150 valence electrons. The Morgan fingerprint density at radius 2 is 1.93 bits per heavy atom. The van der Waals surface area contributed by atoms with Crippen molar-refractivity contribution in [2.24, 2.45) is 11.8 Å². The first-order valence-corrected chi connectivity index (χ1v) is 10.4. The van der Waals surface area contributed by atoms with Crippen molar-refractivity contribution in [2.45, 2.75) is 40.2 Å². The fourth-order valence-corrected chi connectivity index (χ4v) is 5.18. The lowest BCUT2D eigenvalue weighted by Crippen LogP contribution is -2.36. The smallest absolute Gasteiger partial charge is 0.222 e. The molecule has 2 aromatic rings. The lowest BCUT2D eigenvalue weighted by Gasteiger charge is -2.31. The third-order valence-electron chi connectivity index (χ3n) is 6.53. The van der Waals surface area contributed by atoms with Gasteiger partial charge >= 0.3 is 0 Å². The van der Waals surface area contributed by atoms with Crippen molar-refractivity contribution in [3.05, 3.63) is 58.3 Å². The zero-order valence-corrected chi connectivity index (χ0v) is 17.6. The molecule has 1 amide bonds. The number of hydrogen-bond donors (Lipinski definition) is 0. The topological polar surface area (TPSA) is 60.2 Å². The number of pyridine rings is 1. The normalized spacial score (nSPS) is 23.2. The van der Waals surface area contributed by atoms with Crippen LogP contribution in [0.25, 0.3) is 0 Å². The number of aromatic nitrogens is 1. The van der Waals surface area contributed by atoms with Crippen LogP contribution in [-0.2, 0) is 4.79 Å². The van der Waals surface area contributed by atoms with Crippen LogP contribution in [0.5, 0.6) is 0 Å². The molecule has 0 N–H and O–H groups in total. The van der Waals surface area contributed by atoms with E-state index in [1.165, 1.54) is 11.1 Å². The molecule has 3 heterocycles. The number of carbonyl (C=O) groups excluding carboxylic acids is 1. The van der Waals surface area contributed by atoms with Gasteiger partial charge in [-0.25, -0.2) is 4.98 Å². The molecule has 0 unspecified atom stereocenters. The van der Waals surface area contributed by atoms with Crippen LogP contribution in [0.1, 0.15) is 47.3 Å². The molecule has 29 heavy (non-hydrogen) atoms. The lowest BCUT2D eigenvalue weighted by molar-refractivity contribution is -0.132. The summed E-state index contributed by atoms with van der Waals surface area (Å²) < 4.78 is 0. The van der Waals surface area contributed by atoms with Gasteiger partial charge in [-0.3, -0.25) is 4.79 Å². The van der Waals surface area contributed by atoms with Crippen LogP contribution >= 0.6 is 0 Å². The fraction of sp³-hybridized carbons (Fsp3) is 0.458. The minimum absolute atomic E-state index is 0.0927. The maximum absolute atomic E-state index is 12.7. The fourth-order valence-electron chi connectivity index (χ4n) is 5.18. The van der Waals surface area contributed by atoms with Crippen molar-refractivity contribution < 1.29 is 4.79 Å². The molecule has 0 bridgehead atoms. The van der Waals surface area contributed by atoms with Crippen molar-refractivity contribution in [1.82, 2.24) is 9.88 Å². The van der Waals surface area contributed by atoms with Crippen LogP contribution in [0.15, 0.2) is 30.3 Å². The van der Waals surface area contributed by atoms with E-state index >= 15 is 0 Å². The highest BCUT2D eigenvalue weighted by molar-refractivity contribution is 5.77. The summed E-state index contributed by atoms with van der Waals surface area (Å²) in [5.74, 6) is 1.77. The molecule has 0 spiro atoms. The van der Waals surface area contributed by atoms with Crippen molar-refractivity contribution in [2.75, 3.05) is 24.5 Å². The van der Waals surface area contributed by atoms with Crippen LogP contribution in [0.2, 0.25) is 0 Å². The van der Waals surface area contributed by atoms with E-state index in [9.17, 15) is 10.1 Å². The van der Waals surface area contributed by atoms with Crippen molar-refractivity contribution >= 4 is 11.7 Å². The Hall–Kier alpha value is -2.87. The Kier molecular flexibility index (Phi) is 5.04. The molecule has 5 nitrogen and oxygen atoms in total. The zero-order chi connectivity index (χ0) is 20.7. The molecule has 2 saturated heterocycles. The molecule has 1 aromatic carbocycles. The van der Waals surface area contributed by atoms with Gasteiger partial charge in [0.1, 0.15) is 11.9 Å². The van der Waals surface area contributed by atoms with Crippen molar-refractivity contribution in [1.29, 1.82) is 5.26 Å². The van der Waals surface area contributed by atoms with E-state index in [1.807, 2.05) is 26.8 Å². The predicted octanol–water partition coefficient (Wildman–Crippen LogP) is 3.92. The Labute approximate surface area is 173 Å². The first-order valence-electron chi connectivity index (χ1n) is 10.4. The van der Waals surface area contributed by atoms with Gasteiger partial charge < -0.3 is 9.80 Å². The van der Waals surface area contributed by atoms with Gasteiger partial charge in [0.25, 0.3) is 0 Å². The Balaban J connectivity index is 1.71. The number of rotatable bonds is 3. The van der Waals surface area contributed by atoms with Gasteiger partial charge in [-0.15, -0.1) is 0 Å². The monoisotopic (exact) mass is 388 g/mol. The summed E-state index contributed by atoms with van der Waals surface area (Å²) in [5, 5.41) is 9.70. The number of benzene rings is 1. The second-order valence-corrected chi connectivity index (χ2v) is 8.42. The van der Waals surface area contributed by atoms with E-state index < -0.39 is 0 Å². The second-order valence-electron chi connectivity index (χ2n) is 8.42. The Morgan fingerprint density at radius 1 is 1.17 bits per heavy atom. The molecule has 2 aliphatic rings. The number of fused-ring (bicyclic) bond motifs is 1. The summed E-state index contributed by atoms with van der Waals surface area (Å²) in [6, 6.07) is 12.8. The van der Waals surface area contributed by atoms with E-state index in [4.69, 9.17) is 4.98 Å². The summed E-state index contributed by atoms with van der Waals surface area (Å²) in [6.07, 6.45) is 0.531. The van der Waals surface area contributed by atoms with Crippen LogP contribution in [-0.4, -0.2) is 35.4 Å². The number of carbonyl (C=O) groups is 1. The minimum Gasteiger partial charge on any atom is -0.355 e. The lowest BCUT2D eigenvalue weighted by atomic mass is 9.87. The highest BCUT2D eigenvalue weighted by Gasteiger charge is 2.49. The summed E-state index contributed by atoms with van der Waals surface area (Å²) in [5.41, 5.74) is 5.06. The van der Waals surface area contributed by atoms with E-state index in [-0.39, 0.29) is 11.9 Å². The maximum atomic E-state index is 12.7. The summed E-state index contributed by atoms with van der Waals surface area (Å²) in [6.45, 7) is 10.5. The maximum Gasteiger partial charge on any atom is 0.222 e. The number of amides is 1. The van der Waals surface area contributed by atoms with Crippen LogP contribution in [0.3, 0.4) is 0 Å². The molecule has 2 aliphatic heterocycles. The summed E-state index contributed by atoms with van der Waals surface area (Å²) >= 11 is 0. The van der Waals surface area contributed by atoms with E-state index in [2.05, 4.69) is 47.1 Å². The van der Waals surface area contributed by atoms with Crippen LogP contribution in [0, 0.1) is 43.9 Å². The molecule has 0 aliphatic carbocycles. The van der Waals surface area contributed by atoms with Gasteiger partial charge in [0.15, 0.2) is 0 Å². The number of nitriles is 1. The third-order valence-corrected chi connectivity index (χ3v) is 6.53. The van der Waals surface area contributed by atoms with Gasteiger partial charge in [0.2, 0.25) is 5.91 Å². The Bertz CT molecular complexity index is 993. The van der Waals surface area contributed by atoms with Gasteiger partial charge in [-0.2, -0.15) is 5.26 Å². The van der Waals surface area contributed by atoms with E-state index in [0.29, 0.717) is 23.8 Å². The highest BCUT2D eigenvalue weighted by atomic mass is 16.2. The molecule has 3 atom stereocenters. The predicted molar refractivity (Wildman–Crippen MR) is 114 cm³/mol. The minimum atomic E-state index is 0.0927. The summed E-state index contributed by atoms with van der Waals surface area (Å²) in [4.78, 5) is 21.8. The quantitative estimate of drug-likeness (QED) is 0.799. The standard InChI is InChI=1S/C24H28N4O/c1-5-22(29)28-13-18-12-27(24-20(11-25)16(3)10-17(4)26-24)14-21(18)23(28)19-9-7-6-8-15(19)2/h6-10,18,21,23H,5,12-14H2,1-4H3/t18-,21-,23+/m0/s1. The number of hydrogen-bond acceptors (Lipinski definition) is 4. The molecule has 0 radical (unpaired) electrons. The molecule has 1 aromatic heterocycles. The first kappa shape index (κ1) is 19.4. The SMILES string of the molecule is CCC(=O)N1C[C@@H]2CN(c3nc(C)cc(C)c3C#N)C[C@@H]2[C@H]1c1ccccc1C. The van der Waals surface area contributed by atoms with Crippen LogP contribution < -0.4 is 4.90 Å². The van der Waals surface area contributed by atoms with Gasteiger partial charge in [-0.1, -0.05) is 31.2 Å². The summed E-state index contributed by atoms with van der Waals surface area (Å²) in [7, 11) is 0. The molecular weight excluding hydrogens is 360 g/mol.